The van der Waals surface area contributed by atoms with Crippen LogP contribution in [0.1, 0.15) is 20.7 Å². The Balaban J connectivity index is 2.40. The van der Waals surface area contributed by atoms with E-state index in [1.165, 1.54) is 30.3 Å². The fraction of sp³-hybridized carbons (Fsp3) is 0. The van der Waals surface area contributed by atoms with Crippen LogP contribution in [0.3, 0.4) is 0 Å². The molecule has 0 atom stereocenters. The molecule has 0 aliphatic carbocycles. The van der Waals surface area contributed by atoms with Crippen molar-refractivity contribution in [3.8, 4) is 0 Å². The summed E-state index contributed by atoms with van der Waals surface area (Å²) in [5.41, 5.74) is -0.834. The number of benzene rings is 2. The highest BCUT2D eigenvalue weighted by Crippen LogP contribution is 2.30. The largest absolute Gasteiger partial charge is 0.478 e. The summed E-state index contributed by atoms with van der Waals surface area (Å²) < 4.78 is 0. The first-order valence-corrected chi connectivity index (χ1v) is 6.84. The number of nitro groups is 1. The van der Waals surface area contributed by atoms with Crippen LogP contribution in [-0.4, -0.2) is 21.9 Å². The summed E-state index contributed by atoms with van der Waals surface area (Å²) >= 11 is 11.7. The van der Waals surface area contributed by atoms with Crippen LogP contribution < -0.4 is 5.32 Å². The van der Waals surface area contributed by atoms with Gasteiger partial charge in [0.05, 0.1) is 26.2 Å². The fourth-order valence-corrected chi connectivity index (χ4v) is 2.33. The predicted molar refractivity (Wildman–Crippen MR) is 84.5 cm³/mol. The molecule has 0 saturated carbocycles. The van der Waals surface area contributed by atoms with Crippen molar-refractivity contribution in [3.05, 3.63) is 67.7 Å². The molecule has 9 heteroatoms. The van der Waals surface area contributed by atoms with E-state index in [9.17, 15) is 19.7 Å². The molecule has 0 unspecified atom stereocenters. The third kappa shape index (κ3) is 3.58. The van der Waals surface area contributed by atoms with E-state index in [1.54, 1.807) is 0 Å². The molecule has 0 radical (unpaired) electrons. The zero-order valence-corrected chi connectivity index (χ0v) is 12.8. The average molecular weight is 355 g/mol. The summed E-state index contributed by atoms with van der Waals surface area (Å²) in [5.74, 6) is -2.09. The predicted octanol–water partition coefficient (Wildman–Crippen LogP) is 3.85. The van der Waals surface area contributed by atoms with E-state index in [2.05, 4.69) is 5.32 Å². The van der Waals surface area contributed by atoms with Crippen LogP contribution >= 0.6 is 23.2 Å². The number of nitrogens with zero attached hydrogens (tertiary/aromatic N) is 1. The van der Waals surface area contributed by atoms with Crippen LogP contribution in [0.25, 0.3) is 0 Å². The van der Waals surface area contributed by atoms with Gasteiger partial charge in [0.25, 0.3) is 11.6 Å². The van der Waals surface area contributed by atoms with Crippen molar-refractivity contribution in [2.75, 3.05) is 5.32 Å². The van der Waals surface area contributed by atoms with Crippen LogP contribution in [0.4, 0.5) is 11.4 Å². The molecule has 0 aliphatic rings. The number of aromatic carboxylic acids is 1. The minimum Gasteiger partial charge on any atom is -0.478 e. The maximum atomic E-state index is 12.2. The lowest BCUT2D eigenvalue weighted by atomic mass is 10.1. The first-order valence-electron chi connectivity index (χ1n) is 6.08. The van der Waals surface area contributed by atoms with Crippen molar-refractivity contribution >= 4 is 46.5 Å². The monoisotopic (exact) mass is 354 g/mol. The Labute approximate surface area is 139 Å². The van der Waals surface area contributed by atoms with E-state index in [-0.39, 0.29) is 32.5 Å². The standard InChI is InChI=1S/C14H8Cl2N2O5/c15-9-6-10(16)11(5-8(9)14(20)21)17-13(19)7-3-1-2-4-12(7)18(22)23/h1-6H,(H,17,19)(H,20,21). The molecule has 0 fully saturated rings. The third-order valence-corrected chi connectivity index (χ3v) is 3.51. The van der Waals surface area contributed by atoms with Gasteiger partial charge >= 0.3 is 5.97 Å². The highest BCUT2D eigenvalue weighted by Gasteiger charge is 2.21. The summed E-state index contributed by atoms with van der Waals surface area (Å²) in [6.45, 7) is 0. The minimum atomic E-state index is -1.30. The molecule has 1 amide bonds. The molecule has 0 aromatic heterocycles. The van der Waals surface area contributed by atoms with E-state index in [0.29, 0.717) is 0 Å². The smallest absolute Gasteiger partial charge is 0.337 e. The number of carbonyl (C=O) groups excluding carboxylic acids is 1. The number of amides is 1. The first-order chi connectivity index (χ1) is 10.8. The lowest BCUT2D eigenvalue weighted by Gasteiger charge is -2.09. The fourth-order valence-electron chi connectivity index (χ4n) is 1.82. The van der Waals surface area contributed by atoms with Crippen molar-refractivity contribution < 1.29 is 19.6 Å². The second-order valence-electron chi connectivity index (χ2n) is 4.35. The summed E-state index contributed by atoms with van der Waals surface area (Å²) in [6.07, 6.45) is 0. The molecule has 7 nitrogen and oxygen atoms in total. The normalized spacial score (nSPS) is 10.2. The molecule has 2 aromatic carbocycles. The minimum absolute atomic E-state index is 0.00642. The Morgan fingerprint density at radius 1 is 1.09 bits per heavy atom. The summed E-state index contributed by atoms with van der Waals surface area (Å²) in [6, 6.07) is 7.60. The molecule has 0 saturated heterocycles. The summed E-state index contributed by atoms with van der Waals surface area (Å²) in [5, 5.41) is 22.2. The SMILES string of the molecule is O=C(O)c1cc(NC(=O)c2ccccc2[N+](=O)[O-])c(Cl)cc1Cl. The van der Waals surface area contributed by atoms with Gasteiger partial charge < -0.3 is 10.4 Å². The number of carboxylic acid groups (broad SMARTS) is 1. The number of nitro benzene ring substituents is 1. The van der Waals surface area contributed by atoms with Crippen molar-refractivity contribution in [2.24, 2.45) is 0 Å². The van der Waals surface area contributed by atoms with Crippen molar-refractivity contribution in [2.45, 2.75) is 0 Å². The van der Waals surface area contributed by atoms with Gasteiger partial charge in [-0.05, 0) is 18.2 Å². The Hall–Kier alpha value is -2.64. The van der Waals surface area contributed by atoms with Crippen molar-refractivity contribution in [1.29, 1.82) is 0 Å². The Kier molecular flexibility index (Phi) is 4.83. The number of hydrogen-bond acceptors (Lipinski definition) is 4. The Morgan fingerprint density at radius 3 is 2.35 bits per heavy atom. The molecule has 0 aliphatic heterocycles. The topological polar surface area (TPSA) is 110 Å². The number of hydrogen-bond donors (Lipinski definition) is 2. The number of carboxylic acids is 1. The molecular formula is C14H8Cl2N2O5. The quantitative estimate of drug-likeness (QED) is 0.639. The second-order valence-corrected chi connectivity index (χ2v) is 5.16. The number of halogens is 2. The molecule has 0 spiro atoms. The van der Waals surface area contributed by atoms with Crippen molar-refractivity contribution in [3.63, 3.8) is 0 Å². The van der Waals surface area contributed by atoms with Crippen LogP contribution in [0.15, 0.2) is 36.4 Å². The molecule has 2 rings (SSSR count). The zero-order chi connectivity index (χ0) is 17.1. The molecule has 0 bridgehead atoms. The first kappa shape index (κ1) is 16.7. The lowest BCUT2D eigenvalue weighted by Crippen LogP contribution is -2.14. The molecule has 2 aromatic rings. The zero-order valence-electron chi connectivity index (χ0n) is 11.2. The molecule has 118 valence electrons. The Morgan fingerprint density at radius 2 is 1.74 bits per heavy atom. The highest BCUT2D eigenvalue weighted by molar-refractivity contribution is 6.38. The lowest BCUT2D eigenvalue weighted by molar-refractivity contribution is -0.385. The number of anilines is 1. The van der Waals surface area contributed by atoms with E-state index in [0.717, 1.165) is 6.07 Å². The van der Waals surface area contributed by atoms with Gasteiger partial charge in [-0.2, -0.15) is 0 Å². The van der Waals surface area contributed by atoms with E-state index in [1.807, 2.05) is 0 Å². The van der Waals surface area contributed by atoms with Gasteiger partial charge in [-0.1, -0.05) is 35.3 Å². The van der Waals surface area contributed by atoms with E-state index < -0.39 is 16.8 Å². The number of rotatable bonds is 4. The van der Waals surface area contributed by atoms with Gasteiger partial charge in [-0.25, -0.2) is 4.79 Å². The van der Waals surface area contributed by atoms with Crippen LogP contribution in [0.2, 0.25) is 10.0 Å². The van der Waals surface area contributed by atoms with E-state index in [4.69, 9.17) is 28.3 Å². The van der Waals surface area contributed by atoms with Gasteiger partial charge in [-0.15, -0.1) is 0 Å². The van der Waals surface area contributed by atoms with Crippen LogP contribution in [0.5, 0.6) is 0 Å². The van der Waals surface area contributed by atoms with Crippen LogP contribution in [-0.2, 0) is 0 Å². The summed E-state index contributed by atoms with van der Waals surface area (Å²) in [7, 11) is 0. The van der Waals surface area contributed by atoms with Gasteiger partial charge in [0.2, 0.25) is 0 Å². The van der Waals surface area contributed by atoms with Gasteiger partial charge in [0.1, 0.15) is 5.56 Å². The second kappa shape index (κ2) is 6.64. The van der Waals surface area contributed by atoms with Gasteiger partial charge in [0, 0.05) is 6.07 Å². The number of nitrogens with one attached hydrogen (secondary N) is 1. The Bertz CT molecular complexity index is 823. The number of carbonyl (C=O) groups is 2. The maximum Gasteiger partial charge on any atom is 0.337 e. The molecular weight excluding hydrogens is 347 g/mol. The molecule has 2 N–H and O–H groups in total. The van der Waals surface area contributed by atoms with Gasteiger partial charge in [0.15, 0.2) is 0 Å². The van der Waals surface area contributed by atoms with Gasteiger partial charge in [-0.3, -0.25) is 14.9 Å². The van der Waals surface area contributed by atoms with Crippen LogP contribution in [0, 0.1) is 10.1 Å². The average Bonchev–Trinajstić information content (AvgIpc) is 2.49. The third-order valence-electron chi connectivity index (χ3n) is 2.88. The highest BCUT2D eigenvalue weighted by atomic mass is 35.5. The maximum absolute atomic E-state index is 12.2. The molecule has 0 heterocycles. The van der Waals surface area contributed by atoms with Crippen molar-refractivity contribution in [1.82, 2.24) is 0 Å². The van der Waals surface area contributed by atoms with E-state index >= 15 is 0 Å². The molecule has 23 heavy (non-hydrogen) atoms. The number of para-hydroxylation sites is 1. The summed E-state index contributed by atoms with van der Waals surface area (Å²) in [4.78, 5) is 33.5.